The fourth-order valence-corrected chi connectivity index (χ4v) is 4.30. The molecule has 1 fully saturated rings. The first-order valence-corrected chi connectivity index (χ1v) is 11.5. The minimum atomic E-state index is -0.872. The average molecular weight is 492 g/mol. The minimum Gasteiger partial charge on any atom is -0.507 e. The molecule has 0 saturated carbocycles. The number of nitrogens with zero attached hydrogens (tertiary/aromatic N) is 1. The van der Waals surface area contributed by atoms with E-state index in [9.17, 15) is 14.7 Å². The molecule has 0 aliphatic carbocycles. The molecule has 178 valence electrons. The Labute approximate surface area is 207 Å². The van der Waals surface area contributed by atoms with Crippen molar-refractivity contribution < 1.29 is 28.9 Å². The van der Waals surface area contributed by atoms with Crippen LogP contribution >= 0.6 is 11.6 Å². The zero-order chi connectivity index (χ0) is 24.5. The Morgan fingerprint density at radius 3 is 2.46 bits per heavy atom. The molecule has 2 aliphatic rings. The number of amides is 1. The summed E-state index contributed by atoms with van der Waals surface area (Å²) < 4.78 is 16.4. The van der Waals surface area contributed by atoms with Crippen molar-refractivity contribution in [2.24, 2.45) is 0 Å². The van der Waals surface area contributed by atoms with E-state index in [0.717, 1.165) is 6.42 Å². The third kappa shape index (κ3) is 4.19. The topological polar surface area (TPSA) is 85.3 Å². The van der Waals surface area contributed by atoms with E-state index in [2.05, 4.69) is 0 Å². The van der Waals surface area contributed by atoms with Gasteiger partial charge in [-0.3, -0.25) is 14.5 Å². The lowest BCUT2D eigenvalue weighted by Crippen LogP contribution is -2.29. The number of hydrogen-bond acceptors (Lipinski definition) is 6. The number of rotatable bonds is 6. The monoisotopic (exact) mass is 491 g/mol. The van der Waals surface area contributed by atoms with E-state index in [1.54, 1.807) is 66.7 Å². The first-order chi connectivity index (χ1) is 17.0. The number of Topliss-reactive ketones (excluding diaryl/α,β-unsaturated/α-hetero) is 1. The minimum absolute atomic E-state index is 0.0165. The van der Waals surface area contributed by atoms with Crippen molar-refractivity contribution in [2.45, 2.75) is 19.4 Å². The molecule has 0 radical (unpaired) electrons. The van der Waals surface area contributed by atoms with Crippen LogP contribution in [0.1, 0.15) is 30.5 Å². The van der Waals surface area contributed by atoms with Gasteiger partial charge in [-0.1, -0.05) is 30.7 Å². The summed E-state index contributed by atoms with van der Waals surface area (Å²) in [4.78, 5) is 27.9. The average Bonchev–Trinajstić information content (AvgIpc) is 3.45. The van der Waals surface area contributed by atoms with Crippen LogP contribution in [-0.2, 0) is 9.59 Å². The Morgan fingerprint density at radius 2 is 1.74 bits per heavy atom. The van der Waals surface area contributed by atoms with Crippen LogP contribution in [0, 0.1) is 0 Å². The van der Waals surface area contributed by atoms with Crippen molar-refractivity contribution in [3.63, 3.8) is 0 Å². The number of halogens is 1. The number of benzene rings is 3. The third-order valence-corrected chi connectivity index (χ3v) is 6.12. The lowest BCUT2D eigenvalue weighted by Gasteiger charge is -2.25. The zero-order valence-electron chi connectivity index (χ0n) is 18.9. The van der Waals surface area contributed by atoms with E-state index in [1.807, 2.05) is 6.92 Å². The van der Waals surface area contributed by atoms with Gasteiger partial charge in [0.25, 0.3) is 11.7 Å². The second-order valence-corrected chi connectivity index (χ2v) is 8.57. The predicted octanol–water partition coefficient (Wildman–Crippen LogP) is 5.48. The van der Waals surface area contributed by atoms with Crippen LogP contribution in [0.5, 0.6) is 17.2 Å². The highest BCUT2D eigenvalue weighted by molar-refractivity contribution is 6.51. The van der Waals surface area contributed by atoms with Gasteiger partial charge in [-0.15, -0.1) is 0 Å². The molecule has 0 bridgehead atoms. The van der Waals surface area contributed by atoms with Crippen LogP contribution in [0.15, 0.2) is 72.3 Å². The number of anilines is 1. The van der Waals surface area contributed by atoms with Crippen molar-refractivity contribution in [1.29, 1.82) is 0 Å². The first-order valence-electron chi connectivity index (χ1n) is 11.2. The molecule has 3 aromatic carbocycles. The largest absolute Gasteiger partial charge is 0.507 e. The number of aliphatic hydroxyl groups excluding tert-OH is 1. The highest BCUT2D eigenvalue weighted by Crippen LogP contribution is 2.45. The van der Waals surface area contributed by atoms with Crippen molar-refractivity contribution in [3.05, 3.63) is 88.5 Å². The van der Waals surface area contributed by atoms with Crippen LogP contribution in [0.25, 0.3) is 5.76 Å². The molecule has 0 aromatic heterocycles. The van der Waals surface area contributed by atoms with Gasteiger partial charge >= 0.3 is 0 Å². The summed E-state index contributed by atoms with van der Waals surface area (Å²) in [6.07, 6.45) is 0.867. The van der Waals surface area contributed by atoms with E-state index >= 15 is 0 Å². The predicted molar refractivity (Wildman–Crippen MR) is 131 cm³/mol. The first kappa shape index (κ1) is 22.8. The summed E-state index contributed by atoms with van der Waals surface area (Å²) in [7, 11) is 0. The van der Waals surface area contributed by atoms with Gasteiger partial charge in [-0.25, -0.2) is 0 Å². The molecule has 1 atom stereocenters. The highest BCUT2D eigenvalue weighted by atomic mass is 35.5. The van der Waals surface area contributed by atoms with E-state index < -0.39 is 17.7 Å². The van der Waals surface area contributed by atoms with E-state index in [1.165, 1.54) is 4.90 Å². The molecule has 1 N–H and O–H groups in total. The van der Waals surface area contributed by atoms with Crippen molar-refractivity contribution >= 4 is 34.7 Å². The Bertz CT molecular complexity index is 1320. The number of aliphatic hydroxyl groups is 1. The molecule has 1 saturated heterocycles. The molecular formula is C27H22ClNO6. The number of fused-ring (bicyclic) bond motifs is 1. The number of hydrogen-bond donors (Lipinski definition) is 1. The second kappa shape index (κ2) is 9.35. The summed E-state index contributed by atoms with van der Waals surface area (Å²) in [5, 5.41) is 11.8. The van der Waals surface area contributed by atoms with Gasteiger partial charge in [0.15, 0.2) is 11.5 Å². The maximum Gasteiger partial charge on any atom is 0.300 e. The summed E-state index contributed by atoms with van der Waals surface area (Å²) in [6.45, 7) is 2.66. The smallest absolute Gasteiger partial charge is 0.300 e. The van der Waals surface area contributed by atoms with Gasteiger partial charge in [-0.05, 0) is 60.5 Å². The Balaban J connectivity index is 1.62. The number of ketones is 1. The number of carbonyl (C=O) groups is 2. The molecule has 2 heterocycles. The number of carbonyl (C=O) groups excluding carboxylic acids is 2. The molecule has 5 rings (SSSR count). The number of ether oxygens (including phenoxy) is 3. The van der Waals surface area contributed by atoms with E-state index in [-0.39, 0.29) is 18.1 Å². The van der Waals surface area contributed by atoms with Gasteiger partial charge in [0.2, 0.25) is 6.79 Å². The summed E-state index contributed by atoms with van der Waals surface area (Å²) in [6, 6.07) is 17.7. The maximum atomic E-state index is 13.3. The van der Waals surface area contributed by atoms with Crippen LogP contribution in [0.4, 0.5) is 5.69 Å². The summed E-state index contributed by atoms with van der Waals surface area (Å²) in [5.41, 5.74) is 1.45. The lowest BCUT2D eigenvalue weighted by molar-refractivity contribution is -0.132. The van der Waals surface area contributed by atoms with Crippen molar-refractivity contribution in [1.82, 2.24) is 0 Å². The Morgan fingerprint density at radius 1 is 1.03 bits per heavy atom. The third-order valence-electron chi connectivity index (χ3n) is 5.87. The van der Waals surface area contributed by atoms with Gasteiger partial charge in [-0.2, -0.15) is 0 Å². The molecule has 0 spiro atoms. The molecule has 8 heteroatoms. The van der Waals surface area contributed by atoms with Crippen molar-refractivity contribution in [3.8, 4) is 17.2 Å². The molecule has 3 aromatic rings. The van der Waals surface area contributed by atoms with Gasteiger partial charge in [0.05, 0.1) is 18.2 Å². The Hall–Kier alpha value is -3.97. The van der Waals surface area contributed by atoms with E-state index in [0.29, 0.717) is 45.7 Å². The van der Waals surface area contributed by atoms with Gasteiger partial charge in [0.1, 0.15) is 11.5 Å². The summed E-state index contributed by atoms with van der Waals surface area (Å²) in [5.74, 6) is -0.132. The molecule has 2 aliphatic heterocycles. The molecule has 7 nitrogen and oxygen atoms in total. The SMILES string of the molecule is CCCOc1ccc(/C(O)=C2\C(=O)C(=O)N(c3ccc4c(c3)OCO4)C2c2ccc(Cl)cc2)cc1. The highest BCUT2D eigenvalue weighted by Gasteiger charge is 2.47. The fraction of sp³-hybridized carbons (Fsp3) is 0.185. The van der Waals surface area contributed by atoms with Gasteiger partial charge < -0.3 is 19.3 Å². The van der Waals surface area contributed by atoms with E-state index in [4.69, 9.17) is 25.8 Å². The van der Waals surface area contributed by atoms with Crippen LogP contribution < -0.4 is 19.1 Å². The zero-order valence-corrected chi connectivity index (χ0v) is 19.6. The lowest BCUT2D eigenvalue weighted by atomic mass is 9.95. The maximum absolute atomic E-state index is 13.3. The molecule has 1 amide bonds. The molecule has 1 unspecified atom stereocenters. The van der Waals surface area contributed by atoms with Crippen LogP contribution in [0.2, 0.25) is 5.02 Å². The van der Waals surface area contributed by atoms with Crippen LogP contribution in [-0.4, -0.2) is 30.2 Å². The standard InChI is InChI=1S/C27H22ClNO6/c1-2-13-33-20-10-5-17(6-11-20)25(30)23-24(16-3-7-18(28)8-4-16)29(27(32)26(23)31)19-9-12-21-22(14-19)35-15-34-21/h3-12,14,24,30H,2,13,15H2,1H3/b25-23+. The fourth-order valence-electron chi connectivity index (χ4n) is 4.18. The normalized spacial score (nSPS) is 18.2. The second-order valence-electron chi connectivity index (χ2n) is 8.13. The van der Waals surface area contributed by atoms with Crippen LogP contribution in [0.3, 0.4) is 0 Å². The Kier molecular flexibility index (Phi) is 6.09. The van der Waals surface area contributed by atoms with Crippen molar-refractivity contribution in [2.75, 3.05) is 18.3 Å². The van der Waals surface area contributed by atoms with Gasteiger partial charge in [0, 0.05) is 22.3 Å². The summed E-state index contributed by atoms with van der Waals surface area (Å²) >= 11 is 6.09. The molecular weight excluding hydrogens is 470 g/mol. The quantitative estimate of drug-likeness (QED) is 0.279. The molecule has 35 heavy (non-hydrogen) atoms.